The van der Waals surface area contributed by atoms with Crippen molar-refractivity contribution in [2.24, 2.45) is 0 Å². The highest BCUT2D eigenvalue weighted by Crippen LogP contribution is 2.22. The predicted octanol–water partition coefficient (Wildman–Crippen LogP) is 2.46. The van der Waals surface area contributed by atoms with Crippen LogP contribution in [-0.2, 0) is 0 Å². The Bertz CT molecular complexity index is 483. The largest absolute Gasteiger partial charge is 0.270 e. The molecule has 0 unspecified atom stereocenters. The van der Waals surface area contributed by atoms with E-state index in [2.05, 4.69) is 11.2 Å². The first-order valence-corrected chi connectivity index (χ1v) is 4.34. The Morgan fingerprint density at radius 2 is 2.13 bits per heavy atom. The van der Waals surface area contributed by atoms with Crippen LogP contribution in [0.3, 0.4) is 0 Å². The van der Waals surface area contributed by atoms with Crippen molar-refractivity contribution in [3.8, 4) is 11.1 Å². The summed E-state index contributed by atoms with van der Waals surface area (Å²) in [5.41, 5.74) is 1.71. The first kappa shape index (κ1) is 9.33. The van der Waals surface area contributed by atoms with Gasteiger partial charge in [0, 0.05) is 23.9 Å². The lowest BCUT2D eigenvalue weighted by Crippen LogP contribution is -1.88. The van der Waals surface area contributed by atoms with Crippen molar-refractivity contribution in [3.05, 3.63) is 58.9 Å². The Hall–Kier alpha value is -2.23. The zero-order valence-electron chi connectivity index (χ0n) is 7.75. The second kappa shape index (κ2) is 3.88. The van der Waals surface area contributed by atoms with Crippen LogP contribution in [0.1, 0.15) is 0 Å². The highest BCUT2D eigenvalue weighted by atomic mass is 16.6. The Labute approximate surface area is 86.4 Å². The third kappa shape index (κ3) is 1.99. The van der Waals surface area contributed by atoms with Crippen LogP contribution in [0.25, 0.3) is 11.1 Å². The van der Waals surface area contributed by atoms with Gasteiger partial charge in [0.05, 0.1) is 11.1 Å². The normalized spacial score (nSPS) is 9.87. The third-order valence-corrected chi connectivity index (χ3v) is 2.01. The van der Waals surface area contributed by atoms with E-state index in [4.69, 9.17) is 0 Å². The minimum Gasteiger partial charge on any atom is -0.258 e. The van der Waals surface area contributed by atoms with Gasteiger partial charge in [0.25, 0.3) is 5.69 Å². The summed E-state index contributed by atoms with van der Waals surface area (Å²) in [6.07, 6.45) is 4.28. The van der Waals surface area contributed by atoms with Gasteiger partial charge in [-0.05, 0) is 11.6 Å². The van der Waals surface area contributed by atoms with E-state index in [0.717, 1.165) is 11.1 Å². The van der Waals surface area contributed by atoms with Crippen LogP contribution in [0.2, 0.25) is 0 Å². The number of pyridine rings is 1. The second-order valence-corrected chi connectivity index (χ2v) is 2.98. The Morgan fingerprint density at radius 3 is 2.80 bits per heavy atom. The van der Waals surface area contributed by atoms with Gasteiger partial charge in [-0.25, -0.2) is 0 Å². The molecule has 0 aliphatic carbocycles. The predicted molar refractivity (Wildman–Crippen MR) is 55.2 cm³/mol. The second-order valence-electron chi connectivity index (χ2n) is 2.98. The first-order valence-electron chi connectivity index (χ1n) is 4.34. The molecule has 1 heterocycles. The summed E-state index contributed by atoms with van der Waals surface area (Å²) >= 11 is 0. The van der Waals surface area contributed by atoms with E-state index in [1.807, 2.05) is 12.1 Å². The molecule has 1 aromatic heterocycles. The van der Waals surface area contributed by atoms with E-state index in [1.165, 1.54) is 12.1 Å². The Kier molecular flexibility index (Phi) is 2.41. The fourth-order valence-corrected chi connectivity index (χ4v) is 1.29. The maximum Gasteiger partial charge on any atom is 0.270 e. The molecule has 2 rings (SSSR count). The number of hydrogen-bond donors (Lipinski definition) is 0. The number of nitrogens with zero attached hydrogens (tertiary/aromatic N) is 2. The van der Waals surface area contributed by atoms with E-state index in [0.29, 0.717) is 0 Å². The maximum absolute atomic E-state index is 10.6. The van der Waals surface area contributed by atoms with Crippen molar-refractivity contribution < 1.29 is 4.92 Å². The number of aromatic nitrogens is 1. The Balaban J connectivity index is 2.46. The molecule has 0 spiro atoms. The first-order chi connectivity index (χ1) is 7.27. The van der Waals surface area contributed by atoms with Gasteiger partial charge in [0.1, 0.15) is 0 Å². The molecule has 4 nitrogen and oxygen atoms in total. The molecule has 0 bridgehead atoms. The number of nitro benzene ring substituents is 1. The average Bonchev–Trinajstić information content (AvgIpc) is 2.30. The molecule has 0 saturated heterocycles. The quantitative estimate of drug-likeness (QED) is 0.551. The molecule has 15 heavy (non-hydrogen) atoms. The molecule has 0 saturated carbocycles. The van der Waals surface area contributed by atoms with Crippen molar-refractivity contribution in [1.29, 1.82) is 0 Å². The topological polar surface area (TPSA) is 56.0 Å². The zero-order chi connectivity index (χ0) is 10.7. The van der Waals surface area contributed by atoms with Crippen LogP contribution >= 0.6 is 0 Å². The van der Waals surface area contributed by atoms with Gasteiger partial charge in [-0.3, -0.25) is 15.1 Å². The van der Waals surface area contributed by atoms with E-state index >= 15 is 0 Å². The van der Waals surface area contributed by atoms with Crippen molar-refractivity contribution in [2.75, 3.05) is 0 Å². The molecule has 0 fully saturated rings. The van der Waals surface area contributed by atoms with Crippen molar-refractivity contribution in [3.63, 3.8) is 0 Å². The molecule has 73 valence electrons. The summed E-state index contributed by atoms with van der Waals surface area (Å²) in [6, 6.07) is 9.94. The fraction of sp³-hybridized carbons (Fsp3) is 0. The minimum atomic E-state index is -0.411. The summed E-state index contributed by atoms with van der Waals surface area (Å²) in [5, 5.41) is 10.6. The lowest BCUT2D eigenvalue weighted by atomic mass is 10.1. The van der Waals surface area contributed by atoms with E-state index in [-0.39, 0.29) is 5.69 Å². The third-order valence-electron chi connectivity index (χ3n) is 2.01. The monoisotopic (exact) mass is 199 g/mol. The smallest absolute Gasteiger partial charge is 0.258 e. The lowest BCUT2D eigenvalue weighted by Gasteiger charge is -1.99. The summed E-state index contributed by atoms with van der Waals surface area (Å²) in [4.78, 5) is 14.0. The summed E-state index contributed by atoms with van der Waals surface area (Å²) < 4.78 is 0. The average molecular weight is 199 g/mol. The highest BCUT2D eigenvalue weighted by molar-refractivity contribution is 5.64. The molecule has 0 aliphatic rings. The van der Waals surface area contributed by atoms with Gasteiger partial charge in [-0.2, -0.15) is 0 Å². The van der Waals surface area contributed by atoms with Gasteiger partial charge in [0.2, 0.25) is 0 Å². The summed E-state index contributed by atoms with van der Waals surface area (Å²) in [7, 11) is 0. The molecule has 1 aromatic carbocycles. The minimum absolute atomic E-state index is 0.0836. The molecular weight excluding hydrogens is 192 g/mol. The zero-order valence-corrected chi connectivity index (χ0v) is 7.75. The SMILES string of the molecule is O=[N+]([O-])c1cccc(-c2cc[c]nc2)c1. The van der Waals surface area contributed by atoms with Gasteiger partial charge >= 0.3 is 0 Å². The van der Waals surface area contributed by atoms with Crippen LogP contribution in [-0.4, -0.2) is 9.91 Å². The molecular formula is C11H7N2O2. The fourth-order valence-electron chi connectivity index (χ4n) is 1.29. The molecule has 4 heteroatoms. The summed E-state index contributed by atoms with van der Waals surface area (Å²) in [6.45, 7) is 0. The standard InChI is InChI=1S/C11H7N2O2/c14-13(15)11-5-1-3-9(7-11)10-4-2-6-12-8-10/h1-5,7-8H. The highest BCUT2D eigenvalue weighted by Gasteiger charge is 2.06. The van der Waals surface area contributed by atoms with E-state index in [1.54, 1.807) is 18.3 Å². The van der Waals surface area contributed by atoms with Crippen molar-refractivity contribution >= 4 is 5.69 Å². The van der Waals surface area contributed by atoms with Gasteiger partial charge < -0.3 is 0 Å². The van der Waals surface area contributed by atoms with E-state index in [9.17, 15) is 10.1 Å². The van der Waals surface area contributed by atoms with Gasteiger partial charge in [0.15, 0.2) is 0 Å². The number of hydrogen-bond acceptors (Lipinski definition) is 3. The Morgan fingerprint density at radius 1 is 1.27 bits per heavy atom. The van der Waals surface area contributed by atoms with Crippen molar-refractivity contribution in [2.45, 2.75) is 0 Å². The number of nitro groups is 1. The summed E-state index contributed by atoms with van der Waals surface area (Å²) in [5.74, 6) is 0. The maximum atomic E-state index is 10.6. The molecule has 2 aromatic rings. The molecule has 1 radical (unpaired) electrons. The molecule has 0 aliphatic heterocycles. The van der Waals surface area contributed by atoms with Crippen LogP contribution < -0.4 is 0 Å². The number of rotatable bonds is 2. The molecule has 0 amide bonds. The van der Waals surface area contributed by atoms with Crippen LogP contribution in [0.5, 0.6) is 0 Å². The molecule has 0 N–H and O–H groups in total. The number of non-ortho nitro benzene ring substituents is 1. The van der Waals surface area contributed by atoms with Crippen LogP contribution in [0, 0.1) is 16.3 Å². The molecule has 0 atom stereocenters. The van der Waals surface area contributed by atoms with Crippen LogP contribution in [0.15, 0.2) is 42.6 Å². The van der Waals surface area contributed by atoms with Gasteiger partial charge in [-0.15, -0.1) is 0 Å². The van der Waals surface area contributed by atoms with Gasteiger partial charge in [-0.1, -0.05) is 18.2 Å². The van der Waals surface area contributed by atoms with E-state index < -0.39 is 4.92 Å². The lowest BCUT2D eigenvalue weighted by molar-refractivity contribution is -0.384. The number of benzene rings is 1. The van der Waals surface area contributed by atoms with Crippen LogP contribution in [0.4, 0.5) is 5.69 Å². The van der Waals surface area contributed by atoms with Crippen molar-refractivity contribution in [1.82, 2.24) is 4.98 Å².